The quantitative estimate of drug-likeness (QED) is 0.486. The van der Waals surface area contributed by atoms with Gasteiger partial charge in [0.2, 0.25) is 0 Å². The predicted molar refractivity (Wildman–Crippen MR) is 65.9 cm³/mol. The van der Waals surface area contributed by atoms with Crippen molar-refractivity contribution in [3.63, 3.8) is 0 Å². The lowest BCUT2D eigenvalue weighted by Gasteiger charge is -2.26. The fourth-order valence-corrected chi connectivity index (χ4v) is 1.67. The normalized spacial score (nSPS) is 17.6. The molecule has 0 bridgehead atoms. The van der Waals surface area contributed by atoms with Gasteiger partial charge in [0.05, 0.1) is 0 Å². The molecule has 17 heavy (non-hydrogen) atoms. The molecule has 0 aromatic rings. The van der Waals surface area contributed by atoms with E-state index in [1.54, 1.807) is 9.80 Å². The molecular formula is C11H22N4O2. The molecule has 0 spiro atoms. The van der Waals surface area contributed by atoms with E-state index in [1.165, 1.54) is 0 Å². The molecule has 0 aromatic heterocycles. The number of carbonyl (C=O) groups excluding carboxylic acids is 1. The number of nitrogens with one attached hydrogen (secondary N) is 1. The number of carbonyl (C=O) groups is 1. The average molecular weight is 242 g/mol. The molecule has 1 heterocycles. The van der Waals surface area contributed by atoms with Crippen molar-refractivity contribution in [3.8, 4) is 0 Å². The van der Waals surface area contributed by atoms with Crippen LogP contribution < -0.4 is 5.73 Å². The summed E-state index contributed by atoms with van der Waals surface area (Å²) in [6.45, 7) is 8.07. The highest BCUT2D eigenvalue weighted by atomic mass is 16.6. The van der Waals surface area contributed by atoms with Crippen LogP contribution in [0.5, 0.6) is 0 Å². The molecule has 6 nitrogen and oxygen atoms in total. The molecule has 0 unspecified atom stereocenters. The van der Waals surface area contributed by atoms with Gasteiger partial charge in [-0.3, -0.25) is 5.41 Å². The Kier molecular flexibility index (Phi) is 4.20. The van der Waals surface area contributed by atoms with E-state index in [9.17, 15) is 4.79 Å². The van der Waals surface area contributed by atoms with Crippen LogP contribution >= 0.6 is 0 Å². The summed E-state index contributed by atoms with van der Waals surface area (Å²) in [6.07, 6.45) is 0.515. The van der Waals surface area contributed by atoms with Crippen LogP contribution in [0.15, 0.2) is 0 Å². The second-order valence-electron chi connectivity index (χ2n) is 5.19. The molecule has 0 atom stereocenters. The van der Waals surface area contributed by atoms with E-state index in [0.29, 0.717) is 26.2 Å². The zero-order valence-corrected chi connectivity index (χ0v) is 10.8. The van der Waals surface area contributed by atoms with Crippen molar-refractivity contribution in [1.29, 1.82) is 5.41 Å². The van der Waals surface area contributed by atoms with E-state index in [-0.39, 0.29) is 12.1 Å². The Morgan fingerprint density at radius 2 is 1.71 bits per heavy atom. The van der Waals surface area contributed by atoms with Gasteiger partial charge in [-0.25, -0.2) is 4.79 Å². The maximum Gasteiger partial charge on any atom is 0.410 e. The molecule has 3 N–H and O–H groups in total. The number of guanidine groups is 1. The third-order valence-corrected chi connectivity index (χ3v) is 2.49. The van der Waals surface area contributed by atoms with Crippen molar-refractivity contribution in [3.05, 3.63) is 0 Å². The number of nitrogens with zero attached hydrogens (tertiary/aromatic N) is 2. The highest BCUT2D eigenvalue weighted by Gasteiger charge is 2.24. The second kappa shape index (κ2) is 5.25. The Hall–Kier alpha value is -1.46. The molecule has 1 fully saturated rings. The molecule has 1 rings (SSSR count). The van der Waals surface area contributed by atoms with Gasteiger partial charge in [-0.1, -0.05) is 0 Å². The predicted octanol–water partition coefficient (Wildman–Crippen LogP) is 0.823. The fourth-order valence-electron chi connectivity index (χ4n) is 1.67. The van der Waals surface area contributed by atoms with Crippen molar-refractivity contribution in [2.75, 3.05) is 26.2 Å². The highest BCUT2D eigenvalue weighted by molar-refractivity contribution is 5.74. The lowest BCUT2D eigenvalue weighted by atomic mass is 10.2. The van der Waals surface area contributed by atoms with Gasteiger partial charge < -0.3 is 20.3 Å². The Morgan fingerprint density at radius 3 is 2.24 bits per heavy atom. The number of amides is 1. The zero-order valence-electron chi connectivity index (χ0n) is 10.8. The van der Waals surface area contributed by atoms with E-state index in [2.05, 4.69) is 0 Å². The van der Waals surface area contributed by atoms with Gasteiger partial charge in [0.25, 0.3) is 0 Å². The smallest absolute Gasteiger partial charge is 0.410 e. The van der Waals surface area contributed by atoms with Crippen molar-refractivity contribution in [1.82, 2.24) is 9.80 Å². The van der Waals surface area contributed by atoms with Crippen molar-refractivity contribution < 1.29 is 9.53 Å². The summed E-state index contributed by atoms with van der Waals surface area (Å²) in [7, 11) is 0. The Labute approximate surface area is 102 Å². The SMILES string of the molecule is CC(C)(C)OC(=O)N1CCCN(C(=N)N)CC1. The summed E-state index contributed by atoms with van der Waals surface area (Å²) in [6, 6.07) is 0. The number of hydrogen-bond acceptors (Lipinski definition) is 3. The van der Waals surface area contributed by atoms with Gasteiger partial charge in [-0.15, -0.1) is 0 Å². The Balaban J connectivity index is 2.51. The minimum Gasteiger partial charge on any atom is -0.444 e. The van der Waals surface area contributed by atoms with Gasteiger partial charge >= 0.3 is 6.09 Å². The van der Waals surface area contributed by atoms with Crippen LogP contribution in [0.4, 0.5) is 4.79 Å². The lowest BCUT2D eigenvalue weighted by molar-refractivity contribution is 0.0260. The molecule has 1 saturated heterocycles. The summed E-state index contributed by atoms with van der Waals surface area (Å²) in [4.78, 5) is 15.3. The summed E-state index contributed by atoms with van der Waals surface area (Å²) < 4.78 is 5.31. The molecule has 6 heteroatoms. The highest BCUT2D eigenvalue weighted by Crippen LogP contribution is 2.11. The molecule has 1 aliphatic rings. The first-order valence-corrected chi connectivity index (χ1v) is 5.86. The molecule has 0 aromatic carbocycles. The van der Waals surface area contributed by atoms with Gasteiger partial charge in [0.15, 0.2) is 5.96 Å². The third kappa shape index (κ3) is 4.50. The maximum absolute atomic E-state index is 11.8. The van der Waals surface area contributed by atoms with Gasteiger partial charge in [-0.05, 0) is 27.2 Å². The van der Waals surface area contributed by atoms with Gasteiger partial charge in [-0.2, -0.15) is 0 Å². The van der Waals surface area contributed by atoms with Crippen LogP contribution in [0.3, 0.4) is 0 Å². The summed E-state index contributed by atoms with van der Waals surface area (Å²) in [5.41, 5.74) is 4.97. The van der Waals surface area contributed by atoms with Crippen molar-refractivity contribution in [2.24, 2.45) is 5.73 Å². The Morgan fingerprint density at radius 1 is 1.18 bits per heavy atom. The van der Waals surface area contributed by atoms with Crippen molar-refractivity contribution in [2.45, 2.75) is 32.8 Å². The van der Waals surface area contributed by atoms with Crippen LogP contribution in [0.2, 0.25) is 0 Å². The van der Waals surface area contributed by atoms with Crippen molar-refractivity contribution >= 4 is 12.1 Å². The van der Waals surface area contributed by atoms with E-state index in [4.69, 9.17) is 15.9 Å². The van der Waals surface area contributed by atoms with E-state index in [1.807, 2.05) is 20.8 Å². The number of ether oxygens (including phenoxy) is 1. The molecule has 1 aliphatic heterocycles. The molecule has 0 aliphatic carbocycles. The molecule has 0 saturated carbocycles. The number of hydrogen-bond donors (Lipinski definition) is 2. The Bertz CT molecular complexity index is 298. The average Bonchev–Trinajstić information content (AvgIpc) is 2.39. The minimum absolute atomic E-state index is 0.0658. The summed E-state index contributed by atoms with van der Waals surface area (Å²) in [5.74, 6) is 0.0658. The summed E-state index contributed by atoms with van der Waals surface area (Å²) in [5, 5.41) is 7.37. The largest absolute Gasteiger partial charge is 0.444 e. The van der Waals surface area contributed by atoms with Crippen LogP contribution in [-0.4, -0.2) is 53.6 Å². The number of nitrogens with two attached hydrogens (primary N) is 1. The van der Waals surface area contributed by atoms with E-state index in [0.717, 1.165) is 6.42 Å². The topological polar surface area (TPSA) is 82.7 Å². The van der Waals surface area contributed by atoms with Crippen LogP contribution in [-0.2, 0) is 4.74 Å². The van der Waals surface area contributed by atoms with Gasteiger partial charge in [0, 0.05) is 26.2 Å². The van der Waals surface area contributed by atoms with Crippen LogP contribution in [0.25, 0.3) is 0 Å². The van der Waals surface area contributed by atoms with Gasteiger partial charge in [0.1, 0.15) is 5.60 Å². The van der Waals surface area contributed by atoms with E-state index >= 15 is 0 Å². The minimum atomic E-state index is -0.469. The molecule has 98 valence electrons. The zero-order chi connectivity index (χ0) is 13.1. The maximum atomic E-state index is 11.8. The first-order chi connectivity index (χ1) is 7.79. The lowest BCUT2D eigenvalue weighted by Crippen LogP contribution is -2.41. The monoisotopic (exact) mass is 242 g/mol. The van der Waals surface area contributed by atoms with Crippen LogP contribution in [0, 0.1) is 5.41 Å². The molecular weight excluding hydrogens is 220 g/mol. The first-order valence-electron chi connectivity index (χ1n) is 5.86. The first kappa shape index (κ1) is 13.6. The second-order valence-corrected chi connectivity index (χ2v) is 5.19. The number of rotatable bonds is 0. The summed E-state index contributed by atoms with van der Waals surface area (Å²) >= 11 is 0. The van der Waals surface area contributed by atoms with Crippen LogP contribution in [0.1, 0.15) is 27.2 Å². The molecule has 0 radical (unpaired) electrons. The van der Waals surface area contributed by atoms with E-state index < -0.39 is 5.60 Å². The molecule has 1 amide bonds. The fraction of sp³-hybridized carbons (Fsp3) is 0.818. The standard InChI is InChI=1S/C11H22N4O2/c1-11(2,3)17-10(16)15-6-4-5-14(7-8-15)9(12)13/h4-8H2,1-3H3,(H3,12,13). The third-order valence-electron chi connectivity index (χ3n) is 2.49.